The van der Waals surface area contributed by atoms with Crippen LogP contribution in [-0.2, 0) is 0 Å². The molecule has 0 saturated carbocycles. The third kappa shape index (κ3) is 10.2. The summed E-state index contributed by atoms with van der Waals surface area (Å²) < 4.78 is -0.543. The van der Waals surface area contributed by atoms with E-state index >= 15 is 0 Å². The molecule has 0 amide bonds. The molecule has 1 unspecified atom stereocenters. The maximum atomic E-state index is 6.26. The summed E-state index contributed by atoms with van der Waals surface area (Å²) in [4.78, 5) is 0. The minimum absolute atomic E-state index is 0.469. The van der Waals surface area contributed by atoms with Crippen LogP contribution in [0.3, 0.4) is 0 Å². The average molecular weight is 281 g/mol. The van der Waals surface area contributed by atoms with Crippen molar-refractivity contribution < 1.29 is 0 Å². The first kappa shape index (κ1) is 17.6. The second-order valence-corrected chi connectivity index (χ2v) is 7.12. The van der Waals surface area contributed by atoms with Crippen molar-refractivity contribution in [3.63, 3.8) is 0 Å². The predicted molar refractivity (Wildman–Crippen MR) is 81.1 cm³/mol. The van der Waals surface area contributed by atoms with E-state index < -0.39 is 4.33 Å². The largest absolute Gasteiger partial charge is 0.118 e. The standard InChI is InChI=1S/C15H30Cl2/c1-4-6-8-9-10-11-13-14(12-7-5-2)15(3,16)17/h14H,4-13H2,1-3H3. The molecule has 0 bridgehead atoms. The zero-order chi connectivity index (χ0) is 13.1. The van der Waals surface area contributed by atoms with Gasteiger partial charge in [0.05, 0.1) is 0 Å². The summed E-state index contributed by atoms with van der Waals surface area (Å²) in [7, 11) is 0. The van der Waals surface area contributed by atoms with E-state index in [9.17, 15) is 0 Å². The Morgan fingerprint density at radius 2 is 1.24 bits per heavy atom. The molecule has 0 aliphatic heterocycles. The van der Waals surface area contributed by atoms with Gasteiger partial charge in [-0.2, -0.15) is 0 Å². The van der Waals surface area contributed by atoms with E-state index in [1.807, 2.05) is 6.92 Å². The molecule has 0 saturated heterocycles. The number of hydrogen-bond acceptors (Lipinski definition) is 0. The molecule has 0 rings (SSSR count). The van der Waals surface area contributed by atoms with Gasteiger partial charge in [0.2, 0.25) is 0 Å². The topological polar surface area (TPSA) is 0 Å². The number of alkyl halides is 2. The lowest BCUT2D eigenvalue weighted by Crippen LogP contribution is -2.21. The Hall–Kier alpha value is 0.580. The Morgan fingerprint density at radius 1 is 0.765 bits per heavy atom. The fourth-order valence-corrected chi connectivity index (χ4v) is 2.71. The van der Waals surface area contributed by atoms with E-state index in [0.717, 1.165) is 0 Å². The van der Waals surface area contributed by atoms with Crippen molar-refractivity contribution in [2.45, 2.75) is 89.3 Å². The van der Waals surface area contributed by atoms with Crippen LogP contribution in [-0.4, -0.2) is 4.33 Å². The van der Waals surface area contributed by atoms with Crippen molar-refractivity contribution in [2.75, 3.05) is 0 Å². The van der Waals surface area contributed by atoms with Crippen LogP contribution in [0.15, 0.2) is 0 Å². The molecule has 17 heavy (non-hydrogen) atoms. The van der Waals surface area contributed by atoms with Crippen molar-refractivity contribution in [3.05, 3.63) is 0 Å². The molecule has 1 atom stereocenters. The zero-order valence-corrected chi connectivity index (χ0v) is 13.4. The lowest BCUT2D eigenvalue weighted by atomic mass is 9.92. The number of rotatable bonds is 11. The van der Waals surface area contributed by atoms with Gasteiger partial charge in [-0.05, 0) is 25.7 Å². The van der Waals surface area contributed by atoms with Crippen LogP contribution in [0, 0.1) is 5.92 Å². The van der Waals surface area contributed by atoms with Crippen molar-refractivity contribution in [1.29, 1.82) is 0 Å². The highest BCUT2D eigenvalue weighted by Crippen LogP contribution is 2.36. The van der Waals surface area contributed by atoms with Crippen LogP contribution in [0.1, 0.15) is 85.0 Å². The van der Waals surface area contributed by atoms with E-state index in [4.69, 9.17) is 23.2 Å². The summed E-state index contributed by atoms with van der Waals surface area (Å²) in [6.45, 7) is 6.43. The van der Waals surface area contributed by atoms with Gasteiger partial charge in [-0.3, -0.25) is 0 Å². The highest BCUT2D eigenvalue weighted by molar-refractivity contribution is 6.48. The monoisotopic (exact) mass is 280 g/mol. The molecule has 0 aromatic carbocycles. The molecule has 0 heterocycles. The van der Waals surface area contributed by atoms with Crippen molar-refractivity contribution >= 4 is 23.2 Å². The quantitative estimate of drug-likeness (QED) is 0.290. The van der Waals surface area contributed by atoms with E-state index in [1.165, 1.54) is 64.2 Å². The van der Waals surface area contributed by atoms with Crippen LogP contribution < -0.4 is 0 Å². The molecule has 0 aliphatic rings. The molecule has 104 valence electrons. The number of hydrogen-bond donors (Lipinski definition) is 0. The first-order chi connectivity index (χ1) is 8.02. The molecule has 0 aromatic heterocycles. The Balaban J connectivity index is 3.69. The van der Waals surface area contributed by atoms with Gasteiger partial charge in [-0.25, -0.2) is 0 Å². The minimum Gasteiger partial charge on any atom is -0.102 e. The van der Waals surface area contributed by atoms with E-state index in [0.29, 0.717) is 5.92 Å². The molecule has 0 aliphatic carbocycles. The molecule has 0 aromatic rings. The smallest absolute Gasteiger partial charge is 0.102 e. The van der Waals surface area contributed by atoms with Gasteiger partial charge >= 0.3 is 0 Å². The molecule has 0 N–H and O–H groups in total. The molecular weight excluding hydrogens is 251 g/mol. The highest BCUT2D eigenvalue weighted by Gasteiger charge is 2.28. The highest BCUT2D eigenvalue weighted by atomic mass is 35.5. The fourth-order valence-electron chi connectivity index (χ4n) is 2.27. The number of halogens is 2. The van der Waals surface area contributed by atoms with Crippen molar-refractivity contribution in [3.8, 4) is 0 Å². The first-order valence-corrected chi connectivity index (χ1v) is 8.15. The third-order valence-corrected chi connectivity index (χ3v) is 4.15. The van der Waals surface area contributed by atoms with Crippen LogP contribution in [0.25, 0.3) is 0 Å². The van der Waals surface area contributed by atoms with Gasteiger partial charge in [-0.15, -0.1) is 23.2 Å². The van der Waals surface area contributed by atoms with Gasteiger partial charge in [-0.1, -0.05) is 65.2 Å². The summed E-state index contributed by atoms with van der Waals surface area (Å²) in [5, 5.41) is 0. The molecule has 0 radical (unpaired) electrons. The maximum absolute atomic E-state index is 6.26. The van der Waals surface area contributed by atoms with E-state index in [2.05, 4.69) is 13.8 Å². The summed E-state index contributed by atoms with van der Waals surface area (Å²) in [5.41, 5.74) is 0. The molecule has 0 fully saturated rings. The molecule has 2 heteroatoms. The van der Waals surface area contributed by atoms with E-state index in [1.54, 1.807) is 0 Å². The van der Waals surface area contributed by atoms with Crippen LogP contribution in [0.5, 0.6) is 0 Å². The first-order valence-electron chi connectivity index (χ1n) is 7.40. The molecule has 0 spiro atoms. The van der Waals surface area contributed by atoms with E-state index in [-0.39, 0.29) is 0 Å². The van der Waals surface area contributed by atoms with Crippen LogP contribution in [0.4, 0.5) is 0 Å². The summed E-state index contributed by atoms with van der Waals surface area (Å²) in [6.07, 6.45) is 12.9. The van der Waals surface area contributed by atoms with Gasteiger partial charge < -0.3 is 0 Å². The summed E-state index contributed by atoms with van der Waals surface area (Å²) in [5.74, 6) is 0.469. The lowest BCUT2D eigenvalue weighted by Gasteiger charge is -2.26. The van der Waals surface area contributed by atoms with Crippen molar-refractivity contribution in [1.82, 2.24) is 0 Å². The fraction of sp³-hybridized carbons (Fsp3) is 1.00. The maximum Gasteiger partial charge on any atom is 0.118 e. The second kappa shape index (κ2) is 10.5. The van der Waals surface area contributed by atoms with Crippen LogP contribution >= 0.6 is 23.2 Å². The summed E-state index contributed by atoms with van der Waals surface area (Å²) >= 11 is 12.5. The number of unbranched alkanes of at least 4 members (excludes halogenated alkanes) is 6. The minimum atomic E-state index is -0.543. The molecule has 0 nitrogen and oxygen atoms in total. The Bertz CT molecular complexity index is 161. The van der Waals surface area contributed by atoms with Gasteiger partial charge in [0, 0.05) is 0 Å². The summed E-state index contributed by atoms with van der Waals surface area (Å²) in [6, 6.07) is 0. The predicted octanol–water partition coefficient (Wildman–Crippen LogP) is 6.74. The Kier molecular flexibility index (Phi) is 10.9. The molecular formula is C15H30Cl2. The SMILES string of the molecule is CCCCCCCCC(CCCC)C(C)(Cl)Cl. The zero-order valence-electron chi connectivity index (χ0n) is 11.9. The van der Waals surface area contributed by atoms with Gasteiger partial charge in [0.15, 0.2) is 0 Å². The van der Waals surface area contributed by atoms with Crippen molar-refractivity contribution in [2.24, 2.45) is 5.92 Å². The Labute approximate surface area is 118 Å². The average Bonchev–Trinajstić information content (AvgIpc) is 2.25. The normalized spacial score (nSPS) is 13.9. The van der Waals surface area contributed by atoms with Gasteiger partial charge in [0.1, 0.15) is 4.33 Å². The Morgan fingerprint density at radius 3 is 1.76 bits per heavy atom. The third-order valence-electron chi connectivity index (χ3n) is 3.53. The second-order valence-electron chi connectivity index (χ2n) is 5.35. The lowest BCUT2D eigenvalue weighted by molar-refractivity contribution is 0.383. The van der Waals surface area contributed by atoms with Crippen LogP contribution in [0.2, 0.25) is 0 Å². The van der Waals surface area contributed by atoms with Gasteiger partial charge in [0.25, 0.3) is 0 Å².